The monoisotopic (exact) mass is 373 g/mol. The molecule has 0 aromatic heterocycles. The summed E-state index contributed by atoms with van der Waals surface area (Å²) in [7, 11) is 0. The van der Waals surface area contributed by atoms with Crippen LogP contribution in [0.15, 0.2) is 0 Å². The Bertz CT molecular complexity index is 331. The molecule has 2 rings (SSSR count). The first-order chi connectivity index (χ1) is 9.56. The van der Waals surface area contributed by atoms with Crippen LogP contribution in [0.1, 0.15) is 20.3 Å². The van der Waals surface area contributed by atoms with Crippen molar-refractivity contribution in [2.24, 2.45) is 0 Å². The minimum Gasteiger partial charge on any atom is -0.392 e. The van der Waals surface area contributed by atoms with Crippen molar-refractivity contribution in [2.45, 2.75) is 38.5 Å². The van der Waals surface area contributed by atoms with Gasteiger partial charge < -0.3 is 15.3 Å². The van der Waals surface area contributed by atoms with E-state index in [1.165, 1.54) is 0 Å². The Hall–Kier alpha value is 0.280. The van der Waals surface area contributed by atoms with Crippen LogP contribution in [0.25, 0.3) is 0 Å². The molecular formula is C14H29Cl2N3O2S. The number of rotatable bonds is 4. The van der Waals surface area contributed by atoms with E-state index in [4.69, 9.17) is 0 Å². The lowest BCUT2D eigenvalue weighted by atomic mass is 10.1. The fourth-order valence-electron chi connectivity index (χ4n) is 2.92. The van der Waals surface area contributed by atoms with Gasteiger partial charge in [-0.15, -0.1) is 24.8 Å². The van der Waals surface area contributed by atoms with E-state index in [0.29, 0.717) is 25.0 Å². The molecule has 2 heterocycles. The summed E-state index contributed by atoms with van der Waals surface area (Å²) in [5, 5.41) is 12.9. The molecule has 2 fully saturated rings. The average Bonchev–Trinajstić information content (AvgIpc) is 2.41. The van der Waals surface area contributed by atoms with Crippen LogP contribution in [0.3, 0.4) is 0 Å². The average molecular weight is 374 g/mol. The van der Waals surface area contributed by atoms with E-state index in [2.05, 4.69) is 17.1 Å². The lowest BCUT2D eigenvalue weighted by Crippen LogP contribution is -2.55. The SMILES string of the molecule is CC(O)CN1CCN(C(=O)CC2CSCCN2)CC1C.Cl.Cl. The molecule has 2 N–H and O–H groups in total. The highest BCUT2D eigenvalue weighted by Crippen LogP contribution is 2.15. The standard InChI is InChI=1S/C14H27N3O2S.2ClH/c1-11-8-17(5-4-16(11)9-12(2)18)14(19)7-13-10-20-6-3-15-13;;/h11-13,15,18H,3-10H2,1-2H3;2*1H. The van der Waals surface area contributed by atoms with Crippen LogP contribution < -0.4 is 5.32 Å². The van der Waals surface area contributed by atoms with Gasteiger partial charge in [-0.3, -0.25) is 9.69 Å². The van der Waals surface area contributed by atoms with E-state index in [-0.39, 0.29) is 36.8 Å². The van der Waals surface area contributed by atoms with E-state index in [1.807, 2.05) is 23.6 Å². The molecule has 0 aliphatic carbocycles. The molecule has 5 nitrogen and oxygen atoms in total. The first-order valence-corrected chi connectivity index (χ1v) is 8.72. The summed E-state index contributed by atoms with van der Waals surface area (Å²) < 4.78 is 0. The van der Waals surface area contributed by atoms with E-state index in [9.17, 15) is 9.90 Å². The molecule has 0 saturated carbocycles. The van der Waals surface area contributed by atoms with Gasteiger partial charge in [0.05, 0.1) is 6.10 Å². The minimum atomic E-state index is -0.303. The van der Waals surface area contributed by atoms with Crippen molar-refractivity contribution in [1.29, 1.82) is 0 Å². The normalized spacial score (nSPS) is 27.5. The summed E-state index contributed by atoms with van der Waals surface area (Å²) in [5.41, 5.74) is 0. The Morgan fingerprint density at radius 1 is 1.41 bits per heavy atom. The van der Waals surface area contributed by atoms with E-state index in [1.54, 1.807) is 0 Å². The van der Waals surface area contributed by atoms with Crippen LogP contribution in [0, 0.1) is 0 Å². The lowest BCUT2D eigenvalue weighted by molar-refractivity contribution is -0.134. The van der Waals surface area contributed by atoms with Crippen molar-refractivity contribution in [3.05, 3.63) is 0 Å². The molecule has 0 aromatic carbocycles. The zero-order valence-electron chi connectivity index (χ0n) is 13.4. The molecule has 2 saturated heterocycles. The Balaban J connectivity index is 0.00000220. The van der Waals surface area contributed by atoms with Crippen molar-refractivity contribution in [3.8, 4) is 0 Å². The fraction of sp³-hybridized carbons (Fsp3) is 0.929. The van der Waals surface area contributed by atoms with Gasteiger partial charge in [0.2, 0.25) is 5.91 Å². The summed E-state index contributed by atoms with van der Waals surface area (Å²) in [4.78, 5) is 16.6. The first kappa shape index (κ1) is 22.3. The minimum absolute atomic E-state index is 0. The Morgan fingerprint density at radius 2 is 2.14 bits per heavy atom. The second-order valence-electron chi connectivity index (χ2n) is 5.96. The summed E-state index contributed by atoms with van der Waals surface area (Å²) in [5.74, 6) is 2.47. The van der Waals surface area contributed by atoms with Crippen molar-refractivity contribution in [2.75, 3.05) is 44.2 Å². The number of hydrogen-bond acceptors (Lipinski definition) is 5. The molecule has 3 unspecified atom stereocenters. The van der Waals surface area contributed by atoms with Crippen molar-refractivity contribution < 1.29 is 9.90 Å². The maximum Gasteiger partial charge on any atom is 0.224 e. The van der Waals surface area contributed by atoms with Crippen LogP contribution in [0.5, 0.6) is 0 Å². The molecule has 8 heteroatoms. The van der Waals surface area contributed by atoms with Crippen molar-refractivity contribution in [1.82, 2.24) is 15.1 Å². The summed E-state index contributed by atoms with van der Waals surface area (Å²) in [6.45, 7) is 8.10. The summed E-state index contributed by atoms with van der Waals surface area (Å²) in [6, 6.07) is 0.669. The fourth-order valence-corrected chi connectivity index (χ4v) is 3.87. The van der Waals surface area contributed by atoms with Gasteiger partial charge in [-0.1, -0.05) is 0 Å². The van der Waals surface area contributed by atoms with E-state index >= 15 is 0 Å². The predicted molar refractivity (Wildman–Crippen MR) is 97.5 cm³/mol. The van der Waals surface area contributed by atoms with Gasteiger partial charge in [-0.05, 0) is 13.8 Å². The third-order valence-corrected chi connectivity index (χ3v) is 5.17. The van der Waals surface area contributed by atoms with Crippen molar-refractivity contribution in [3.63, 3.8) is 0 Å². The molecule has 22 heavy (non-hydrogen) atoms. The number of carbonyl (C=O) groups is 1. The maximum absolute atomic E-state index is 12.3. The lowest BCUT2D eigenvalue weighted by Gasteiger charge is -2.41. The zero-order valence-corrected chi connectivity index (χ0v) is 15.8. The maximum atomic E-state index is 12.3. The summed E-state index contributed by atoms with van der Waals surface area (Å²) in [6.07, 6.45) is 0.319. The topological polar surface area (TPSA) is 55.8 Å². The number of amides is 1. The van der Waals surface area contributed by atoms with Crippen LogP contribution >= 0.6 is 36.6 Å². The smallest absolute Gasteiger partial charge is 0.224 e. The Morgan fingerprint density at radius 3 is 2.68 bits per heavy atom. The number of nitrogens with one attached hydrogen (secondary N) is 1. The third kappa shape index (κ3) is 6.81. The molecule has 1 amide bonds. The second kappa shape index (κ2) is 10.9. The number of halogens is 2. The van der Waals surface area contributed by atoms with Gasteiger partial charge in [-0.2, -0.15) is 11.8 Å². The van der Waals surface area contributed by atoms with Crippen LogP contribution in [-0.4, -0.2) is 83.2 Å². The van der Waals surface area contributed by atoms with Crippen LogP contribution in [-0.2, 0) is 4.79 Å². The van der Waals surface area contributed by atoms with Gasteiger partial charge in [0, 0.05) is 62.7 Å². The van der Waals surface area contributed by atoms with Gasteiger partial charge in [0.25, 0.3) is 0 Å². The number of hydrogen-bond donors (Lipinski definition) is 2. The molecule has 2 aliphatic rings. The number of aliphatic hydroxyl groups is 1. The number of β-amino-alcohol motifs (C(OH)–C–C–N with tert-alkyl or cyclic N) is 1. The molecule has 0 aromatic rings. The van der Waals surface area contributed by atoms with Gasteiger partial charge in [-0.25, -0.2) is 0 Å². The first-order valence-electron chi connectivity index (χ1n) is 7.57. The highest BCUT2D eigenvalue weighted by Gasteiger charge is 2.28. The quantitative estimate of drug-likeness (QED) is 0.764. The van der Waals surface area contributed by atoms with Crippen molar-refractivity contribution >= 4 is 42.5 Å². The predicted octanol–water partition coefficient (Wildman–Crippen LogP) is 0.839. The number of nitrogens with zero attached hydrogens (tertiary/aromatic N) is 2. The third-order valence-electron chi connectivity index (χ3n) is 4.04. The van der Waals surface area contributed by atoms with Gasteiger partial charge >= 0.3 is 0 Å². The Kier molecular flexibility index (Phi) is 11.1. The highest BCUT2D eigenvalue weighted by molar-refractivity contribution is 7.99. The number of carbonyl (C=O) groups excluding carboxylic acids is 1. The van der Waals surface area contributed by atoms with E-state index < -0.39 is 0 Å². The molecule has 2 aliphatic heterocycles. The zero-order chi connectivity index (χ0) is 14.5. The molecule has 0 bridgehead atoms. The molecule has 3 atom stereocenters. The highest BCUT2D eigenvalue weighted by atomic mass is 35.5. The van der Waals surface area contributed by atoms with Gasteiger partial charge in [0.15, 0.2) is 0 Å². The van der Waals surface area contributed by atoms with Crippen LogP contribution in [0.2, 0.25) is 0 Å². The van der Waals surface area contributed by atoms with E-state index in [0.717, 1.165) is 37.7 Å². The van der Waals surface area contributed by atoms with Gasteiger partial charge in [0.1, 0.15) is 0 Å². The van der Waals surface area contributed by atoms with Crippen LogP contribution in [0.4, 0.5) is 0 Å². The number of piperazine rings is 1. The second-order valence-corrected chi connectivity index (χ2v) is 7.11. The Labute approximate surface area is 150 Å². The summed E-state index contributed by atoms with van der Waals surface area (Å²) >= 11 is 1.93. The molecule has 132 valence electrons. The molecular weight excluding hydrogens is 345 g/mol. The number of aliphatic hydroxyl groups excluding tert-OH is 1. The number of thioether (sulfide) groups is 1. The molecule has 0 spiro atoms. The largest absolute Gasteiger partial charge is 0.392 e. The molecule has 0 radical (unpaired) electrons.